The number of rotatable bonds is 7. The number of aliphatic hydroxyl groups is 1. The van der Waals surface area contributed by atoms with Crippen LogP contribution in [-0.2, 0) is 19.9 Å². The number of benzene rings is 2. The zero-order valence-electron chi connectivity index (χ0n) is 17.8. The molecule has 3 aromatic rings. The minimum Gasteiger partial charge on any atom is -0.453 e. The lowest BCUT2D eigenvalue weighted by atomic mass is 9.86. The molecule has 2 atom stereocenters. The normalized spacial score (nSPS) is 20.6. The van der Waals surface area contributed by atoms with Crippen molar-refractivity contribution in [2.24, 2.45) is 0 Å². The molecule has 8 nitrogen and oxygen atoms in total. The molecule has 8 heteroatoms. The predicted molar refractivity (Wildman–Crippen MR) is 116 cm³/mol. The number of carbonyl (C=O) groups is 2. The average molecular weight is 436 g/mol. The van der Waals surface area contributed by atoms with Gasteiger partial charge < -0.3 is 24.2 Å². The smallest absolute Gasteiger partial charge is 0.348 e. The molecule has 32 heavy (non-hydrogen) atoms. The van der Waals surface area contributed by atoms with Crippen LogP contribution in [0.4, 0.5) is 5.82 Å². The fraction of sp³-hybridized carbons (Fsp3) is 0.292. The molecule has 0 bridgehead atoms. The summed E-state index contributed by atoms with van der Waals surface area (Å²) in [5.41, 5.74) is -1.03. The molecule has 166 valence electrons. The van der Waals surface area contributed by atoms with Gasteiger partial charge in [0.2, 0.25) is 5.60 Å². The number of amides is 1. The number of quaternary nitrogens is 1. The monoisotopic (exact) mass is 436 g/mol. The van der Waals surface area contributed by atoms with Crippen LogP contribution in [0, 0.1) is 0 Å². The van der Waals surface area contributed by atoms with E-state index in [1.165, 1.54) is 6.26 Å². The van der Waals surface area contributed by atoms with Gasteiger partial charge in [-0.05, 0) is 11.1 Å². The van der Waals surface area contributed by atoms with Crippen LogP contribution in [-0.4, -0.2) is 59.4 Å². The van der Waals surface area contributed by atoms with Gasteiger partial charge in [-0.1, -0.05) is 65.8 Å². The molecular formula is C24H26N3O5+. The van der Waals surface area contributed by atoms with Gasteiger partial charge in [0.05, 0.1) is 13.6 Å². The Kier molecular flexibility index (Phi) is 6.07. The highest BCUT2D eigenvalue weighted by atomic mass is 16.6. The van der Waals surface area contributed by atoms with Gasteiger partial charge in [-0.15, -0.1) is 0 Å². The van der Waals surface area contributed by atoms with E-state index in [1.54, 1.807) is 54.6 Å². The Morgan fingerprint density at radius 2 is 1.75 bits per heavy atom. The van der Waals surface area contributed by atoms with Crippen molar-refractivity contribution in [2.75, 3.05) is 32.0 Å². The van der Waals surface area contributed by atoms with Crippen LogP contribution in [0.25, 0.3) is 0 Å². The lowest BCUT2D eigenvalue weighted by Crippen LogP contribution is -2.48. The van der Waals surface area contributed by atoms with Gasteiger partial charge in [0.25, 0.3) is 5.91 Å². The summed E-state index contributed by atoms with van der Waals surface area (Å²) in [6, 6.07) is 19.1. The number of esters is 1. The maximum atomic E-state index is 13.3. The number of nitrogens with zero attached hydrogens (tertiary/aromatic N) is 2. The standard InChI is InChI=1S/C24H25N3O5/c1-27(17-22(28)25-21-13-15-31-26-21)14-12-20(16-27)32-23(29)24(30,18-8-4-2-5-9-18)19-10-6-3-7-11-19/h2-11,13,15,20,30H,12,14,16-17H2,1H3/p+1/t20?,27-/m1/s1. The fourth-order valence-electron chi connectivity index (χ4n) is 4.17. The molecule has 0 aliphatic carbocycles. The number of hydrogen-bond donors (Lipinski definition) is 2. The SMILES string of the molecule is C[N@@+]1(CC(=O)Nc2ccon2)CCC(OC(=O)C(O)(c2ccccc2)c2ccccc2)C1. The van der Waals surface area contributed by atoms with Crippen molar-refractivity contribution in [1.29, 1.82) is 0 Å². The van der Waals surface area contributed by atoms with Gasteiger partial charge in [-0.25, -0.2) is 4.79 Å². The number of carbonyl (C=O) groups excluding carboxylic acids is 2. The van der Waals surface area contributed by atoms with E-state index in [0.29, 0.717) is 40.9 Å². The first-order valence-electron chi connectivity index (χ1n) is 10.5. The van der Waals surface area contributed by atoms with Crippen LogP contribution in [0.2, 0.25) is 0 Å². The number of likely N-dealkylation sites (N-methyl/N-ethyl adjacent to an activating group) is 1. The Hall–Kier alpha value is -3.49. The Morgan fingerprint density at radius 1 is 1.12 bits per heavy atom. The van der Waals surface area contributed by atoms with Gasteiger partial charge in [0.15, 0.2) is 18.5 Å². The van der Waals surface area contributed by atoms with Crippen molar-refractivity contribution in [3.05, 3.63) is 84.1 Å². The molecule has 2 N–H and O–H groups in total. The maximum Gasteiger partial charge on any atom is 0.348 e. The third kappa shape index (κ3) is 4.56. The van der Waals surface area contributed by atoms with Crippen LogP contribution >= 0.6 is 0 Å². The number of likely N-dealkylation sites (tertiary alicyclic amines) is 1. The van der Waals surface area contributed by atoms with Crippen LogP contribution < -0.4 is 5.32 Å². The topological polar surface area (TPSA) is 102 Å². The molecule has 1 aliphatic heterocycles. The largest absolute Gasteiger partial charge is 0.453 e. The first-order chi connectivity index (χ1) is 15.4. The summed E-state index contributed by atoms with van der Waals surface area (Å²) in [5.74, 6) is -0.557. The fourth-order valence-corrected chi connectivity index (χ4v) is 4.17. The number of ether oxygens (including phenoxy) is 1. The predicted octanol–water partition coefficient (Wildman–Crippen LogP) is 2.31. The quantitative estimate of drug-likeness (QED) is 0.435. The molecular weight excluding hydrogens is 410 g/mol. The van der Waals surface area contributed by atoms with Crippen molar-refractivity contribution < 1.29 is 28.4 Å². The van der Waals surface area contributed by atoms with E-state index in [0.717, 1.165) is 0 Å². The second-order valence-corrected chi connectivity index (χ2v) is 8.38. The van der Waals surface area contributed by atoms with Crippen molar-refractivity contribution in [2.45, 2.75) is 18.1 Å². The molecule has 1 aromatic heterocycles. The highest BCUT2D eigenvalue weighted by Crippen LogP contribution is 2.32. The number of hydrogen-bond acceptors (Lipinski definition) is 6. The summed E-state index contributed by atoms with van der Waals surface area (Å²) < 4.78 is 10.9. The van der Waals surface area contributed by atoms with Crippen molar-refractivity contribution in [1.82, 2.24) is 5.16 Å². The van der Waals surface area contributed by atoms with Crippen LogP contribution in [0.5, 0.6) is 0 Å². The van der Waals surface area contributed by atoms with E-state index in [9.17, 15) is 14.7 Å². The minimum atomic E-state index is -1.92. The van der Waals surface area contributed by atoms with Gasteiger partial charge in [0, 0.05) is 12.5 Å². The summed E-state index contributed by atoms with van der Waals surface area (Å²) in [6.07, 6.45) is 1.57. The molecule has 4 rings (SSSR count). The average Bonchev–Trinajstić information content (AvgIpc) is 3.43. The molecule has 1 unspecified atom stereocenters. The van der Waals surface area contributed by atoms with E-state index >= 15 is 0 Å². The first-order valence-corrected chi connectivity index (χ1v) is 10.5. The molecule has 2 heterocycles. The van der Waals surface area contributed by atoms with E-state index in [1.807, 2.05) is 19.2 Å². The molecule has 0 radical (unpaired) electrons. The van der Waals surface area contributed by atoms with Crippen molar-refractivity contribution >= 4 is 17.7 Å². The molecule has 1 fully saturated rings. The summed E-state index contributed by atoms with van der Waals surface area (Å²) in [7, 11) is 1.94. The number of nitrogens with one attached hydrogen (secondary N) is 1. The number of anilines is 1. The zero-order chi connectivity index (χ0) is 22.6. The zero-order valence-corrected chi connectivity index (χ0v) is 17.8. The molecule has 1 aliphatic rings. The number of aromatic nitrogens is 1. The Morgan fingerprint density at radius 3 is 2.31 bits per heavy atom. The summed E-state index contributed by atoms with van der Waals surface area (Å²) in [5, 5.41) is 17.9. The van der Waals surface area contributed by atoms with E-state index in [-0.39, 0.29) is 12.5 Å². The molecule has 2 aromatic carbocycles. The molecule has 1 saturated heterocycles. The highest BCUT2D eigenvalue weighted by Gasteiger charge is 2.45. The third-order valence-corrected chi connectivity index (χ3v) is 5.82. The summed E-state index contributed by atoms with van der Waals surface area (Å²) >= 11 is 0. The van der Waals surface area contributed by atoms with Gasteiger partial charge >= 0.3 is 5.97 Å². The lowest BCUT2D eigenvalue weighted by Gasteiger charge is -2.30. The molecule has 1 amide bonds. The van der Waals surface area contributed by atoms with Crippen LogP contribution in [0.3, 0.4) is 0 Å². The van der Waals surface area contributed by atoms with Gasteiger partial charge in [-0.2, -0.15) is 0 Å². The third-order valence-electron chi connectivity index (χ3n) is 5.82. The van der Waals surface area contributed by atoms with Gasteiger partial charge in [0.1, 0.15) is 12.8 Å². The Balaban J connectivity index is 1.46. The first kappa shape index (κ1) is 21.7. The lowest BCUT2D eigenvalue weighted by molar-refractivity contribution is -0.890. The van der Waals surface area contributed by atoms with E-state index in [2.05, 4.69) is 10.5 Å². The van der Waals surface area contributed by atoms with Gasteiger partial charge in [-0.3, -0.25) is 4.79 Å². The Labute approximate surface area is 186 Å². The summed E-state index contributed by atoms with van der Waals surface area (Å²) in [6.45, 7) is 1.35. The van der Waals surface area contributed by atoms with Crippen LogP contribution in [0.15, 0.2) is 77.5 Å². The van der Waals surface area contributed by atoms with Crippen LogP contribution in [0.1, 0.15) is 17.5 Å². The van der Waals surface area contributed by atoms with Crippen molar-refractivity contribution in [3.8, 4) is 0 Å². The second-order valence-electron chi connectivity index (χ2n) is 8.38. The van der Waals surface area contributed by atoms with E-state index < -0.39 is 17.7 Å². The van der Waals surface area contributed by atoms with Crippen molar-refractivity contribution in [3.63, 3.8) is 0 Å². The maximum absolute atomic E-state index is 13.3. The highest BCUT2D eigenvalue weighted by molar-refractivity contribution is 5.90. The minimum absolute atomic E-state index is 0.196. The molecule has 0 saturated carbocycles. The van der Waals surface area contributed by atoms with E-state index in [4.69, 9.17) is 9.26 Å². The molecule has 0 spiro atoms. The second kappa shape index (κ2) is 8.94. The Bertz CT molecular complexity index is 1020. The summed E-state index contributed by atoms with van der Waals surface area (Å²) in [4.78, 5) is 25.7.